The van der Waals surface area contributed by atoms with E-state index in [0.717, 1.165) is 23.4 Å². The fraction of sp³-hybridized carbons (Fsp3) is 0.357. The van der Waals surface area contributed by atoms with Crippen LogP contribution in [-0.2, 0) is 6.54 Å². The van der Waals surface area contributed by atoms with Gasteiger partial charge in [-0.05, 0) is 12.5 Å². The number of benzene rings is 1. The molecule has 18 heavy (non-hydrogen) atoms. The first-order valence-corrected chi connectivity index (χ1v) is 6.27. The Morgan fingerprint density at radius 1 is 1.33 bits per heavy atom. The number of nitrogens with zero attached hydrogens (tertiary/aromatic N) is 1. The fourth-order valence-corrected chi connectivity index (χ4v) is 1.80. The van der Waals surface area contributed by atoms with Gasteiger partial charge in [0.2, 0.25) is 0 Å². The van der Waals surface area contributed by atoms with Gasteiger partial charge in [-0.1, -0.05) is 37.3 Å². The van der Waals surface area contributed by atoms with Crippen LogP contribution in [0.1, 0.15) is 19.0 Å². The molecule has 1 atom stereocenters. The van der Waals surface area contributed by atoms with Gasteiger partial charge in [-0.2, -0.15) is 5.10 Å². The van der Waals surface area contributed by atoms with Crippen LogP contribution in [0, 0.1) is 0 Å². The lowest BCUT2D eigenvalue weighted by Crippen LogP contribution is -2.31. The Hall–Kier alpha value is -1.65. The number of aliphatic hydroxyl groups excluding tert-OH is 1. The van der Waals surface area contributed by atoms with Gasteiger partial charge in [0.25, 0.3) is 0 Å². The van der Waals surface area contributed by atoms with E-state index < -0.39 is 0 Å². The molecule has 0 aliphatic carbocycles. The number of aromatic amines is 1. The third-order valence-electron chi connectivity index (χ3n) is 2.99. The highest BCUT2D eigenvalue weighted by molar-refractivity contribution is 5.58. The molecule has 2 aromatic rings. The second-order valence-electron chi connectivity index (χ2n) is 4.31. The minimum atomic E-state index is 0.147. The van der Waals surface area contributed by atoms with E-state index in [1.54, 1.807) is 0 Å². The molecule has 0 radical (unpaired) electrons. The Labute approximate surface area is 107 Å². The topological polar surface area (TPSA) is 60.9 Å². The van der Waals surface area contributed by atoms with Crippen molar-refractivity contribution in [3.8, 4) is 11.3 Å². The second-order valence-corrected chi connectivity index (χ2v) is 4.31. The van der Waals surface area contributed by atoms with Crippen molar-refractivity contribution in [3.05, 3.63) is 42.1 Å². The van der Waals surface area contributed by atoms with Gasteiger partial charge in [-0.3, -0.25) is 5.10 Å². The van der Waals surface area contributed by atoms with E-state index in [1.165, 1.54) is 0 Å². The maximum Gasteiger partial charge on any atom is 0.0924 e. The molecule has 4 nitrogen and oxygen atoms in total. The third-order valence-corrected chi connectivity index (χ3v) is 2.99. The van der Waals surface area contributed by atoms with Crippen LogP contribution in [0.2, 0.25) is 0 Å². The molecule has 4 heteroatoms. The lowest BCUT2D eigenvalue weighted by molar-refractivity contribution is 0.238. The Kier molecular flexibility index (Phi) is 4.50. The summed E-state index contributed by atoms with van der Waals surface area (Å²) in [5.41, 5.74) is 3.08. The summed E-state index contributed by atoms with van der Waals surface area (Å²) in [6, 6.07) is 12.2. The van der Waals surface area contributed by atoms with Crippen LogP contribution in [0.4, 0.5) is 0 Å². The monoisotopic (exact) mass is 245 g/mol. The molecule has 1 aromatic carbocycles. The zero-order chi connectivity index (χ0) is 12.8. The zero-order valence-corrected chi connectivity index (χ0v) is 10.6. The molecule has 1 aromatic heterocycles. The van der Waals surface area contributed by atoms with Crippen molar-refractivity contribution in [1.82, 2.24) is 15.5 Å². The first-order valence-electron chi connectivity index (χ1n) is 6.27. The van der Waals surface area contributed by atoms with E-state index in [4.69, 9.17) is 5.11 Å². The largest absolute Gasteiger partial charge is 0.395 e. The van der Waals surface area contributed by atoms with E-state index in [9.17, 15) is 0 Å². The van der Waals surface area contributed by atoms with Gasteiger partial charge in [0, 0.05) is 23.8 Å². The molecule has 0 saturated carbocycles. The van der Waals surface area contributed by atoms with Gasteiger partial charge in [0.1, 0.15) is 0 Å². The van der Waals surface area contributed by atoms with Crippen LogP contribution < -0.4 is 5.32 Å². The van der Waals surface area contributed by atoms with Gasteiger partial charge >= 0.3 is 0 Å². The predicted octanol–water partition coefficient (Wildman–Crippen LogP) is 1.94. The summed E-state index contributed by atoms with van der Waals surface area (Å²) in [6.07, 6.45) is 0.913. The predicted molar refractivity (Wildman–Crippen MR) is 72.0 cm³/mol. The molecule has 2 rings (SSSR count). The summed E-state index contributed by atoms with van der Waals surface area (Å²) in [5, 5.41) is 19.7. The van der Waals surface area contributed by atoms with Crippen LogP contribution in [0.15, 0.2) is 36.4 Å². The van der Waals surface area contributed by atoms with Crippen molar-refractivity contribution in [2.75, 3.05) is 6.61 Å². The normalized spacial score (nSPS) is 12.6. The number of H-pyrrole nitrogens is 1. The average Bonchev–Trinajstić information content (AvgIpc) is 2.90. The van der Waals surface area contributed by atoms with Crippen molar-refractivity contribution in [2.45, 2.75) is 25.9 Å². The number of nitrogens with one attached hydrogen (secondary N) is 2. The first kappa shape index (κ1) is 12.8. The Morgan fingerprint density at radius 3 is 2.78 bits per heavy atom. The smallest absolute Gasteiger partial charge is 0.0924 e. The van der Waals surface area contributed by atoms with Crippen molar-refractivity contribution in [2.24, 2.45) is 0 Å². The summed E-state index contributed by atoms with van der Waals surface area (Å²) < 4.78 is 0. The molecule has 1 unspecified atom stereocenters. The molecule has 0 aliphatic heterocycles. The summed E-state index contributed by atoms with van der Waals surface area (Å²) in [6.45, 7) is 2.91. The molecule has 1 heterocycles. The van der Waals surface area contributed by atoms with Crippen LogP contribution in [0.3, 0.4) is 0 Å². The van der Waals surface area contributed by atoms with Crippen LogP contribution in [0.25, 0.3) is 11.3 Å². The highest BCUT2D eigenvalue weighted by Gasteiger charge is 2.06. The van der Waals surface area contributed by atoms with Crippen molar-refractivity contribution >= 4 is 0 Å². The van der Waals surface area contributed by atoms with Crippen molar-refractivity contribution in [1.29, 1.82) is 0 Å². The summed E-state index contributed by atoms with van der Waals surface area (Å²) in [5.74, 6) is 0. The highest BCUT2D eigenvalue weighted by atomic mass is 16.3. The second kappa shape index (κ2) is 6.33. The van der Waals surface area contributed by atoms with E-state index >= 15 is 0 Å². The van der Waals surface area contributed by atoms with Crippen molar-refractivity contribution in [3.63, 3.8) is 0 Å². The number of hydrogen-bond acceptors (Lipinski definition) is 3. The SMILES string of the molecule is CCC(CO)NCc1cc(-c2ccccc2)n[nH]1. The zero-order valence-electron chi connectivity index (χ0n) is 10.6. The Balaban J connectivity index is 1.98. The van der Waals surface area contributed by atoms with Crippen LogP contribution >= 0.6 is 0 Å². The van der Waals surface area contributed by atoms with Crippen LogP contribution in [0.5, 0.6) is 0 Å². The molecule has 0 saturated heterocycles. The van der Waals surface area contributed by atoms with Crippen LogP contribution in [-0.4, -0.2) is 28.0 Å². The number of aromatic nitrogens is 2. The number of rotatable bonds is 6. The molecular formula is C14H19N3O. The summed E-state index contributed by atoms with van der Waals surface area (Å²) >= 11 is 0. The maximum atomic E-state index is 9.10. The summed E-state index contributed by atoms with van der Waals surface area (Å²) in [7, 11) is 0. The quantitative estimate of drug-likeness (QED) is 0.729. The molecule has 3 N–H and O–H groups in total. The number of aliphatic hydroxyl groups is 1. The molecule has 0 bridgehead atoms. The molecule has 0 fully saturated rings. The van der Waals surface area contributed by atoms with E-state index in [0.29, 0.717) is 6.54 Å². The maximum absolute atomic E-state index is 9.10. The van der Waals surface area contributed by atoms with Gasteiger partial charge < -0.3 is 10.4 Å². The molecular weight excluding hydrogens is 226 g/mol. The highest BCUT2D eigenvalue weighted by Crippen LogP contribution is 2.16. The lowest BCUT2D eigenvalue weighted by atomic mass is 10.1. The van der Waals surface area contributed by atoms with E-state index in [2.05, 4.69) is 22.4 Å². The Morgan fingerprint density at radius 2 is 2.11 bits per heavy atom. The molecule has 0 amide bonds. The summed E-state index contributed by atoms with van der Waals surface area (Å²) in [4.78, 5) is 0. The van der Waals surface area contributed by atoms with E-state index in [-0.39, 0.29) is 12.6 Å². The fourth-order valence-electron chi connectivity index (χ4n) is 1.80. The number of hydrogen-bond donors (Lipinski definition) is 3. The van der Waals surface area contributed by atoms with Gasteiger partial charge in [-0.25, -0.2) is 0 Å². The van der Waals surface area contributed by atoms with Crippen molar-refractivity contribution < 1.29 is 5.11 Å². The molecule has 0 spiro atoms. The Bertz CT molecular complexity index is 463. The standard InChI is InChI=1S/C14H19N3O/c1-2-12(10-18)15-9-13-8-14(17-16-13)11-6-4-3-5-7-11/h3-8,12,15,18H,2,9-10H2,1H3,(H,16,17). The lowest BCUT2D eigenvalue weighted by Gasteiger charge is -2.12. The first-order chi connectivity index (χ1) is 8.83. The van der Waals surface area contributed by atoms with Gasteiger partial charge in [-0.15, -0.1) is 0 Å². The minimum absolute atomic E-state index is 0.147. The average molecular weight is 245 g/mol. The van der Waals surface area contributed by atoms with Gasteiger partial charge in [0.15, 0.2) is 0 Å². The molecule has 96 valence electrons. The molecule has 0 aliphatic rings. The minimum Gasteiger partial charge on any atom is -0.395 e. The van der Waals surface area contributed by atoms with Gasteiger partial charge in [0.05, 0.1) is 12.3 Å². The van der Waals surface area contributed by atoms with E-state index in [1.807, 2.05) is 36.4 Å². The third kappa shape index (κ3) is 3.18.